The fourth-order valence-electron chi connectivity index (χ4n) is 0. The Morgan fingerprint density at radius 1 is 0.500 bits per heavy atom. The van der Waals surface area contributed by atoms with Crippen molar-refractivity contribution in [3.8, 4) is 0 Å². The molecule has 0 aliphatic heterocycles. The fraction of sp³-hybridized carbons (Fsp3) is 0. The quantitative estimate of drug-likeness (QED) is 0.429. The largest absolute Gasteiger partial charge is 2.00 e. The molecule has 0 aromatic rings. The molecule has 0 N–H and O–H groups in total. The average Bonchev–Trinajstić information content (AvgIpc) is 0. The third-order valence-corrected chi connectivity index (χ3v) is 0. The molecule has 4 radical (unpaired) electrons. The van der Waals surface area contributed by atoms with E-state index in [1.54, 1.807) is 0 Å². The summed E-state index contributed by atoms with van der Waals surface area (Å²) in [5.74, 6) is 0. The molecule has 0 fully saturated rings. The first-order valence-electron chi connectivity index (χ1n) is 0. The van der Waals surface area contributed by atoms with Crippen molar-refractivity contribution in [2.75, 3.05) is 0 Å². The van der Waals surface area contributed by atoms with Crippen LogP contribution in [0.1, 0.15) is 0 Å². The van der Waals surface area contributed by atoms with Gasteiger partial charge in [-0.1, -0.05) is 0 Å². The van der Waals surface area contributed by atoms with Gasteiger partial charge in [-0.25, -0.2) is 0 Å². The summed E-state index contributed by atoms with van der Waals surface area (Å²) in [6.45, 7) is 0. The van der Waals surface area contributed by atoms with E-state index in [4.69, 9.17) is 0 Å². The summed E-state index contributed by atoms with van der Waals surface area (Å²) in [4.78, 5) is 0. The summed E-state index contributed by atoms with van der Waals surface area (Å²) in [6.07, 6.45) is 0. The van der Waals surface area contributed by atoms with Gasteiger partial charge in [0.1, 0.15) is 0 Å². The molecule has 0 saturated heterocycles. The standard InChI is InChI=1S/2O.2Pb/q2*-2;2*+2. The summed E-state index contributed by atoms with van der Waals surface area (Å²) < 4.78 is 0. The molecule has 4 heteroatoms. The maximum absolute atomic E-state index is 0. The molecule has 0 bridgehead atoms. The molecule has 0 aliphatic carbocycles. The molecule has 0 spiro atoms. The van der Waals surface area contributed by atoms with Crippen molar-refractivity contribution in [2.24, 2.45) is 0 Å². The second-order valence-electron chi connectivity index (χ2n) is 0. The second kappa shape index (κ2) is 21.7. The van der Waals surface area contributed by atoms with Gasteiger partial charge < -0.3 is 11.0 Å². The predicted octanol–water partition coefficient (Wildman–Crippen LogP) is -0.999. The van der Waals surface area contributed by atoms with Crippen LogP contribution in [0.15, 0.2) is 0 Å². The molecule has 0 aromatic heterocycles. The summed E-state index contributed by atoms with van der Waals surface area (Å²) in [5, 5.41) is 0. The molecule has 0 saturated carbocycles. The first-order chi connectivity index (χ1) is 0. The van der Waals surface area contributed by atoms with Crippen LogP contribution in [0.5, 0.6) is 0 Å². The minimum Gasteiger partial charge on any atom is -2.00 e. The minimum absolute atomic E-state index is 0. The first kappa shape index (κ1) is 42.0. The molecule has 0 heterocycles. The maximum atomic E-state index is 0. The first-order valence-corrected chi connectivity index (χ1v) is 0. The zero-order valence-electron chi connectivity index (χ0n) is 1.82. The molecule has 0 atom stereocenters. The van der Waals surface area contributed by atoms with Crippen molar-refractivity contribution >= 4 is 54.6 Å². The van der Waals surface area contributed by atoms with Crippen LogP contribution < -0.4 is 0 Å². The third kappa shape index (κ3) is 9.24. The zero-order chi connectivity index (χ0) is 0. The Hall–Kier alpha value is 1.76. The molecule has 2 nitrogen and oxygen atoms in total. The van der Waals surface area contributed by atoms with E-state index in [0.29, 0.717) is 0 Å². The van der Waals surface area contributed by atoms with Crippen LogP contribution in [-0.2, 0) is 11.0 Å². The van der Waals surface area contributed by atoms with Crippen molar-refractivity contribution in [3.63, 3.8) is 0 Å². The van der Waals surface area contributed by atoms with Crippen LogP contribution in [0.4, 0.5) is 0 Å². The number of rotatable bonds is 0. The SMILES string of the molecule is [O-2].[O-2].[Pb+2].[Pb+2]. The number of hydrogen-bond acceptors (Lipinski definition) is 0. The van der Waals surface area contributed by atoms with Gasteiger partial charge in [-0.3, -0.25) is 0 Å². The van der Waals surface area contributed by atoms with Crippen LogP contribution in [0.2, 0.25) is 0 Å². The van der Waals surface area contributed by atoms with Gasteiger partial charge in [-0.15, -0.1) is 0 Å². The molecule has 0 unspecified atom stereocenters. The Labute approximate surface area is 64.9 Å². The Bertz CT molecular complexity index is 4.00. The Kier molecular flexibility index (Phi) is 228. The van der Waals surface area contributed by atoms with Gasteiger partial charge >= 0.3 is 54.6 Å². The van der Waals surface area contributed by atoms with E-state index in [1.165, 1.54) is 0 Å². The second-order valence-corrected chi connectivity index (χ2v) is 0. The topological polar surface area (TPSA) is 57.0 Å². The summed E-state index contributed by atoms with van der Waals surface area (Å²) >= 11 is 0. The van der Waals surface area contributed by atoms with Crippen LogP contribution in [0.3, 0.4) is 0 Å². The van der Waals surface area contributed by atoms with Gasteiger partial charge in [0.25, 0.3) is 0 Å². The van der Waals surface area contributed by atoms with Crippen molar-refractivity contribution in [3.05, 3.63) is 0 Å². The Morgan fingerprint density at radius 3 is 0.500 bits per heavy atom. The van der Waals surface area contributed by atoms with Gasteiger partial charge in [0.15, 0.2) is 0 Å². The fourth-order valence-corrected chi connectivity index (χ4v) is 0. The summed E-state index contributed by atoms with van der Waals surface area (Å²) in [7, 11) is 0. The van der Waals surface area contributed by atoms with Crippen molar-refractivity contribution in [1.29, 1.82) is 0 Å². The van der Waals surface area contributed by atoms with Crippen LogP contribution in [0, 0.1) is 0 Å². The normalized spacial score (nSPS) is 0. The van der Waals surface area contributed by atoms with E-state index in [9.17, 15) is 0 Å². The van der Waals surface area contributed by atoms with Gasteiger partial charge in [-0.2, -0.15) is 0 Å². The van der Waals surface area contributed by atoms with E-state index in [0.717, 1.165) is 0 Å². The molecular weight excluding hydrogens is 446 g/mol. The van der Waals surface area contributed by atoms with E-state index >= 15 is 0 Å². The Balaban J connectivity index is 0. The van der Waals surface area contributed by atoms with Gasteiger partial charge in [0, 0.05) is 0 Å². The molecule has 4 heavy (non-hydrogen) atoms. The Morgan fingerprint density at radius 2 is 0.500 bits per heavy atom. The van der Waals surface area contributed by atoms with Gasteiger partial charge in [0.2, 0.25) is 0 Å². The van der Waals surface area contributed by atoms with E-state index in [-0.39, 0.29) is 65.5 Å². The van der Waals surface area contributed by atoms with Crippen molar-refractivity contribution < 1.29 is 11.0 Å². The van der Waals surface area contributed by atoms with Gasteiger partial charge in [-0.05, 0) is 0 Å². The minimum atomic E-state index is 0. The molecule has 0 amide bonds. The van der Waals surface area contributed by atoms with Crippen LogP contribution >= 0.6 is 0 Å². The molecule has 0 aliphatic rings. The van der Waals surface area contributed by atoms with Gasteiger partial charge in [0.05, 0.1) is 0 Å². The summed E-state index contributed by atoms with van der Waals surface area (Å²) in [5.41, 5.74) is 0. The molecule has 0 rings (SSSR count). The maximum Gasteiger partial charge on any atom is 2.00 e. The van der Waals surface area contributed by atoms with E-state index in [2.05, 4.69) is 0 Å². The number of hydrogen-bond donors (Lipinski definition) is 0. The third-order valence-electron chi connectivity index (χ3n) is 0. The van der Waals surface area contributed by atoms with Crippen LogP contribution in [-0.4, -0.2) is 54.6 Å². The molecule has 0 aromatic carbocycles. The van der Waals surface area contributed by atoms with Crippen molar-refractivity contribution in [2.45, 2.75) is 0 Å². The van der Waals surface area contributed by atoms with E-state index < -0.39 is 0 Å². The smallest absolute Gasteiger partial charge is 2.00 e. The molecular formula is O2Pb2. The van der Waals surface area contributed by atoms with E-state index in [1.807, 2.05) is 0 Å². The predicted molar refractivity (Wildman–Crippen MR) is 12.9 cm³/mol. The monoisotopic (exact) mass is 448 g/mol. The molecule has 20 valence electrons. The average molecular weight is 446 g/mol. The van der Waals surface area contributed by atoms with Crippen LogP contribution in [0.25, 0.3) is 0 Å². The van der Waals surface area contributed by atoms with Crippen molar-refractivity contribution in [1.82, 2.24) is 0 Å². The zero-order valence-corrected chi connectivity index (χ0v) is 9.59. The summed E-state index contributed by atoms with van der Waals surface area (Å²) in [6, 6.07) is 0.